The Labute approximate surface area is 133 Å². The molecule has 1 heterocycles. The van der Waals surface area contributed by atoms with E-state index in [0.717, 1.165) is 27.8 Å². The summed E-state index contributed by atoms with van der Waals surface area (Å²) in [5, 5.41) is -0.147. The molecule has 0 bridgehead atoms. The zero-order chi connectivity index (χ0) is 14.3. The van der Waals surface area contributed by atoms with E-state index in [9.17, 15) is 0 Å². The van der Waals surface area contributed by atoms with E-state index in [4.69, 9.17) is 16.3 Å². The molecule has 3 heteroatoms. The van der Waals surface area contributed by atoms with E-state index in [1.54, 1.807) is 0 Å². The zero-order valence-corrected chi connectivity index (χ0v) is 13.8. The SMILES string of the molecule is Cc1ccc(C(Cl)c2ccc3c(c2)CC(C)O3)c(Br)c1. The molecule has 2 atom stereocenters. The second-order valence-corrected chi connectivity index (χ2v) is 6.68. The van der Waals surface area contributed by atoms with Gasteiger partial charge < -0.3 is 4.74 Å². The number of fused-ring (bicyclic) bond motifs is 1. The van der Waals surface area contributed by atoms with Gasteiger partial charge in [-0.05, 0) is 48.2 Å². The molecule has 0 aliphatic carbocycles. The molecular formula is C17H16BrClO. The monoisotopic (exact) mass is 350 g/mol. The Balaban J connectivity index is 1.95. The van der Waals surface area contributed by atoms with Crippen LogP contribution in [-0.2, 0) is 6.42 Å². The Morgan fingerprint density at radius 1 is 1.25 bits per heavy atom. The van der Waals surface area contributed by atoms with Gasteiger partial charge in [-0.1, -0.05) is 40.2 Å². The smallest absolute Gasteiger partial charge is 0.123 e. The van der Waals surface area contributed by atoms with Gasteiger partial charge in [-0.3, -0.25) is 0 Å². The number of rotatable bonds is 2. The van der Waals surface area contributed by atoms with E-state index >= 15 is 0 Å². The summed E-state index contributed by atoms with van der Waals surface area (Å²) in [7, 11) is 0. The lowest BCUT2D eigenvalue weighted by Crippen LogP contribution is -2.05. The highest BCUT2D eigenvalue weighted by atomic mass is 79.9. The number of aryl methyl sites for hydroxylation is 1. The van der Waals surface area contributed by atoms with Crippen LogP contribution in [0.2, 0.25) is 0 Å². The second-order valence-electron chi connectivity index (χ2n) is 5.39. The van der Waals surface area contributed by atoms with Gasteiger partial charge in [-0.2, -0.15) is 0 Å². The van der Waals surface area contributed by atoms with E-state index < -0.39 is 0 Å². The third-order valence-corrected chi connectivity index (χ3v) is 4.82. The van der Waals surface area contributed by atoms with Crippen molar-refractivity contribution in [2.45, 2.75) is 31.7 Å². The van der Waals surface area contributed by atoms with Gasteiger partial charge >= 0.3 is 0 Å². The number of alkyl halides is 1. The summed E-state index contributed by atoms with van der Waals surface area (Å²) < 4.78 is 6.79. The molecule has 1 nitrogen and oxygen atoms in total. The lowest BCUT2D eigenvalue weighted by Gasteiger charge is -2.14. The number of hydrogen-bond donors (Lipinski definition) is 0. The van der Waals surface area contributed by atoms with Crippen LogP contribution in [0.3, 0.4) is 0 Å². The van der Waals surface area contributed by atoms with Crippen molar-refractivity contribution in [1.82, 2.24) is 0 Å². The number of hydrogen-bond acceptors (Lipinski definition) is 1. The molecule has 3 rings (SSSR count). The van der Waals surface area contributed by atoms with E-state index in [0.29, 0.717) is 0 Å². The summed E-state index contributed by atoms with van der Waals surface area (Å²) in [4.78, 5) is 0. The maximum Gasteiger partial charge on any atom is 0.123 e. The Bertz CT molecular complexity index is 653. The molecule has 2 aromatic rings. The Morgan fingerprint density at radius 3 is 2.80 bits per heavy atom. The molecule has 1 aliphatic heterocycles. The first-order valence-corrected chi connectivity index (χ1v) is 7.97. The van der Waals surface area contributed by atoms with Crippen LogP contribution >= 0.6 is 27.5 Å². The van der Waals surface area contributed by atoms with Gasteiger partial charge in [0.15, 0.2) is 0 Å². The number of benzene rings is 2. The largest absolute Gasteiger partial charge is 0.490 e. The average molecular weight is 352 g/mol. The van der Waals surface area contributed by atoms with Crippen LogP contribution < -0.4 is 4.74 Å². The van der Waals surface area contributed by atoms with E-state index in [2.05, 4.69) is 60.1 Å². The van der Waals surface area contributed by atoms with Crippen molar-refractivity contribution >= 4 is 27.5 Å². The van der Waals surface area contributed by atoms with Gasteiger partial charge in [0.05, 0.1) is 5.38 Å². The molecule has 1 aliphatic rings. The molecule has 20 heavy (non-hydrogen) atoms. The van der Waals surface area contributed by atoms with Crippen LogP contribution in [-0.4, -0.2) is 6.10 Å². The number of ether oxygens (including phenoxy) is 1. The predicted molar refractivity (Wildman–Crippen MR) is 86.8 cm³/mol. The maximum atomic E-state index is 6.66. The standard InChI is InChI=1S/C17H16BrClO/c1-10-3-5-14(15(18)7-10)17(19)12-4-6-16-13(9-12)8-11(2)20-16/h3-7,9,11,17H,8H2,1-2H3. The van der Waals surface area contributed by atoms with Crippen molar-refractivity contribution in [3.05, 3.63) is 63.1 Å². The highest BCUT2D eigenvalue weighted by molar-refractivity contribution is 9.10. The molecule has 0 N–H and O–H groups in total. The summed E-state index contributed by atoms with van der Waals surface area (Å²) in [6, 6.07) is 12.5. The van der Waals surface area contributed by atoms with Crippen LogP contribution in [0.4, 0.5) is 0 Å². The van der Waals surface area contributed by atoms with Gasteiger partial charge in [0, 0.05) is 10.9 Å². The second kappa shape index (κ2) is 5.42. The molecule has 0 amide bonds. The average Bonchev–Trinajstić information content (AvgIpc) is 2.77. The Kier molecular flexibility index (Phi) is 3.78. The van der Waals surface area contributed by atoms with Crippen molar-refractivity contribution in [3.63, 3.8) is 0 Å². The van der Waals surface area contributed by atoms with Crippen molar-refractivity contribution in [1.29, 1.82) is 0 Å². The van der Waals surface area contributed by atoms with E-state index in [1.807, 2.05) is 6.07 Å². The zero-order valence-electron chi connectivity index (χ0n) is 11.5. The van der Waals surface area contributed by atoms with Gasteiger partial charge in [0.2, 0.25) is 0 Å². The van der Waals surface area contributed by atoms with Gasteiger partial charge in [0.1, 0.15) is 11.9 Å². The molecule has 0 saturated heterocycles. The van der Waals surface area contributed by atoms with Crippen molar-refractivity contribution in [2.75, 3.05) is 0 Å². The minimum atomic E-state index is -0.147. The van der Waals surface area contributed by atoms with Crippen LogP contribution in [0, 0.1) is 6.92 Å². The van der Waals surface area contributed by atoms with Crippen LogP contribution in [0.25, 0.3) is 0 Å². The third-order valence-electron chi connectivity index (χ3n) is 3.64. The van der Waals surface area contributed by atoms with Crippen LogP contribution in [0.5, 0.6) is 5.75 Å². The molecule has 104 valence electrons. The van der Waals surface area contributed by atoms with Gasteiger partial charge in [0.25, 0.3) is 0 Å². The Hall–Kier alpha value is -0.990. The third kappa shape index (κ3) is 2.59. The molecule has 0 fully saturated rings. The molecule has 2 unspecified atom stereocenters. The summed E-state index contributed by atoms with van der Waals surface area (Å²) >= 11 is 10.3. The predicted octanol–water partition coefficient (Wildman–Crippen LogP) is 5.41. The minimum Gasteiger partial charge on any atom is -0.490 e. The normalized spacial score (nSPS) is 18.5. The fourth-order valence-corrected chi connectivity index (χ4v) is 3.80. The molecule has 0 spiro atoms. The van der Waals surface area contributed by atoms with Crippen LogP contribution in [0.1, 0.15) is 34.6 Å². The quantitative estimate of drug-likeness (QED) is 0.657. The van der Waals surface area contributed by atoms with Crippen molar-refractivity contribution in [3.8, 4) is 5.75 Å². The van der Waals surface area contributed by atoms with Crippen molar-refractivity contribution in [2.24, 2.45) is 0 Å². The lowest BCUT2D eigenvalue weighted by atomic mass is 10.00. The van der Waals surface area contributed by atoms with Crippen molar-refractivity contribution < 1.29 is 4.74 Å². The first-order valence-electron chi connectivity index (χ1n) is 6.74. The maximum absolute atomic E-state index is 6.66. The van der Waals surface area contributed by atoms with E-state index in [-0.39, 0.29) is 11.5 Å². The highest BCUT2D eigenvalue weighted by Gasteiger charge is 2.21. The summed E-state index contributed by atoms with van der Waals surface area (Å²) in [5.41, 5.74) is 4.70. The van der Waals surface area contributed by atoms with Gasteiger partial charge in [-0.15, -0.1) is 11.6 Å². The number of halogens is 2. The fourth-order valence-electron chi connectivity index (χ4n) is 2.62. The minimum absolute atomic E-state index is 0.147. The molecule has 0 saturated carbocycles. The first kappa shape index (κ1) is 14.0. The highest BCUT2D eigenvalue weighted by Crippen LogP contribution is 2.37. The van der Waals surface area contributed by atoms with Crippen LogP contribution in [0.15, 0.2) is 40.9 Å². The summed E-state index contributed by atoms with van der Waals surface area (Å²) in [6.45, 7) is 4.17. The summed E-state index contributed by atoms with van der Waals surface area (Å²) in [5.74, 6) is 0.994. The molecular weight excluding hydrogens is 336 g/mol. The fraction of sp³-hybridized carbons (Fsp3) is 0.294. The molecule has 0 radical (unpaired) electrons. The topological polar surface area (TPSA) is 9.23 Å². The van der Waals surface area contributed by atoms with Gasteiger partial charge in [-0.25, -0.2) is 0 Å². The lowest BCUT2D eigenvalue weighted by molar-refractivity contribution is 0.254. The molecule has 2 aromatic carbocycles. The van der Waals surface area contributed by atoms with E-state index in [1.165, 1.54) is 11.1 Å². The Morgan fingerprint density at radius 2 is 2.05 bits per heavy atom. The summed E-state index contributed by atoms with van der Waals surface area (Å²) in [6.07, 6.45) is 1.22. The first-order chi connectivity index (χ1) is 9.54. The molecule has 0 aromatic heterocycles.